The molecule has 1 heterocycles. The minimum Gasteiger partial charge on any atom is -0.329 e. The molecule has 0 aliphatic carbocycles. The summed E-state index contributed by atoms with van der Waals surface area (Å²) in [7, 11) is 1.84. The van der Waals surface area contributed by atoms with Gasteiger partial charge in [-0.1, -0.05) is 35.9 Å². The van der Waals surface area contributed by atoms with Gasteiger partial charge in [-0.05, 0) is 37.1 Å². The van der Waals surface area contributed by atoms with Gasteiger partial charge in [0.1, 0.15) is 0 Å². The van der Waals surface area contributed by atoms with Crippen molar-refractivity contribution in [2.75, 3.05) is 32.0 Å². The van der Waals surface area contributed by atoms with Gasteiger partial charge in [0.05, 0.1) is 17.9 Å². The van der Waals surface area contributed by atoms with Crippen LogP contribution in [0.4, 0.5) is 5.69 Å². The van der Waals surface area contributed by atoms with E-state index in [2.05, 4.69) is 11.9 Å². The van der Waals surface area contributed by atoms with Gasteiger partial charge >= 0.3 is 0 Å². The number of carbonyl (C=O) groups is 2. The van der Waals surface area contributed by atoms with E-state index in [0.29, 0.717) is 17.4 Å². The lowest BCUT2D eigenvalue weighted by atomic mass is 10.1. The predicted molar refractivity (Wildman–Crippen MR) is 116 cm³/mol. The van der Waals surface area contributed by atoms with Gasteiger partial charge in [0.2, 0.25) is 0 Å². The molecule has 2 rings (SSSR count). The lowest BCUT2D eigenvalue weighted by molar-refractivity contribution is -0.862. The van der Waals surface area contributed by atoms with Crippen molar-refractivity contribution in [2.45, 2.75) is 20.4 Å². The maximum atomic E-state index is 12.7. The second-order valence-corrected chi connectivity index (χ2v) is 8.69. The maximum absolute atomic E-state index is 12.7. The van der Waals surface area contributed by atoms with Gasteiger partial charge in [-0.15, -0.1) is 17.9 Å². The van der Waals surface area contributed by atoms with Crippen LogP contribution in [-0.4, -0.2) is 43.4 Å². The highest BCUT2D eigenvalue weighted by atomic mass is 35.5. The van der Waals surface area contributed by atoms with Gasteiger partial charge < -0.3 is 15.1 Å². The standard InChI is InChI=1S/C21H26ClN3O2S/c1-5-11-25(12-17-9-10-18(22)28-17)20(27)14-24(4)13-19(26)23-21-15(2)7-6-8-16(21)3/h5-10H,1,11-14H2,2-4H3,(H,23,26)/p+1. The van der Waals surface area contributed by atoms with Crippen LogP contribution in [0.5, 0.6) is 0 Å². The molecule has 1 atom stereocenters. The van der Waals surface area contributed by atoms with Crippen LogP contribution in [0.25, 0.3) is 0 Å². The number of quaternary nitrogens is 1. The molecule has 0 aliphatic rings. The minimum atomic E-state index is -0.108. The highest BCUT2D eigenvalue weighted by Crippen LogP contribution is 2.22. The number of para-hydroxylation sites is 1. The molecule has 1 aromatic carbocycles. The average molecular weight is 421 g/mol. The molecule has 1 aromatic heterocycles. The number of hydrogen-bond donors (Lipinski definition) is 2. The van der Waals surface area contributed by atoms with Crippen LogP contribution in [-0.2, 0) is 16.1 Å². The van der Waals surface area contributed by atoms with Crippen molar-refractivity contribution in [1.82, 2.24) is 4.90 Å². The third kappa shape index (κ3) is 6.48. The van der Waals surface area contributed by atoms with Gasteiger partial charge in [-0.2, -0.15) is 0 Å². The molecule has 7 heteroatoms. The van der Waals surface area contributed by atoms with Crippen molar-refractivity contribution in [2.24, 2.45) is 0 Å². The van der Waals surface area contributed by atoms with E-state index in [1.54, 1.807) is 11.0 Å². The molecule has 0 saturated heterocycles. The summed E-state index contributed by atoms with van der Waals surface area (Å²) in [4.78, 5) is 28.7. The Labute approximate surface area is 175 Å². The van der Waals surface area contributed by atoms with E-state index < -0.39 is 0 Å². The highest BCUT2D eigenvalue weighted by molar-refractivity contribution is 7.16. The monoisotopic (exact) mass is 420 g/mol. The summed E-state index contributed by atoms with van der Waals surface area (Å²) < 4.78 is 0.701. The number of hydrogen-bond acceptors (Lipinski definition) is 3. The number of likely N-dealkylation sites (N-methyl/N-ethyl adjacent to an activating group) is 1. The number of anilines is 1. The predicted octanol–water partition coefficient (Wildman–Crippen LogP) is 2.69. The number of aryl methyl sites for hydroxylation is 2. The molecule has 0 bridgehead atoms. The number of rotatable bonds is 9. The van der Waals surface area contributed by atoms with Gasteiger partial charge in [0.25, 0.3) is 11.8 Å². The van der Waals surface area contributed by atoms with Gasteiger partial charge in [-0.3, -0.25) is 9.59 Å². The number of nitrogens with zero attached hydrogens (tertiary/aromatic N) is 1. The largest absolute Gasteiger partial charge is 0.329 e. The summed E-state index contributed by atoms with van der Waals surface area (Å²) in [6, 6.07) is 9.64. The molecule has 0 aliphatic heterocycles. The molecule has 28 heavy (non-hydrogen) atoms. The average Bonchev–Trinajstić information content (AvgIpc) is 3.02. The number of amides is 2. The number of nitrogens with one attached hydrogen (secondary N) is 2. The van der Waals surface area contributed by atoms with Crippen LogP contribution >= 0.6 is 22.9 Å². The number of benzene rings is 1. The van der Waals surface area contributed by atoms with E-state index in [0.717, 1.165) is 26.6 Å². The summed E-state index contributed by atoms with van der Waals surface area (Å²) in [5, 5.41) is 2.97. The van der Waals surface area contributed by atoms with E-state index in [1.807, 2.05) is 51.2 Å². The zero-order valence-electron chi connectivity index (χ0n) is 16.5. The molecular weight excluding hydrogens is 394 g/mol. The Bertz CT molecular complexity index is 830. The zero-order valence-corrected chi connectivity index (χ0v) is 18.1. The van der Waals surface area contributed by atoms with Crippen molar-refractivity contribution in [3.8, 4) is 0 Å². The van der Waals surface area contributed by atoms with Crippen molar-refractivity contribution < 1.29 is 14.5 Å². The van der Waals surface area contributed by atoms with Gasteiger partial charge in [-0.25, -0.2) is 0 Å². The zero-order chi connectivity index (χ0) is 20.7. The number of thiophene rings is 1. The number of carbonyl (C=O) groups excluding carboxylic acids is 2. The first-order chi connectivity index (χ1) is 13.3. The Hall–Kier alpha value is -2.15. The molecule has 150 valence electrons. The van der Waals surface area contributed by atoms with Crippen LogP contribution in [0.1, 0.15) is 16.0 Å². The molecular formula is C21H27ClN3O2S+. The minimum absolute atomic E-state index is 0.0261. The Morgan fingerprint density at radius 2 is 1.89 bits per heavy atom. The first-order valence-corrected chi connectivity index (χ1v) is 10.3. The van der Waals surface area contributed by atoms with Crippen molar-refractivity contribution in [3.63, 3.8) is 0 Å². The van der Waals surface area contributed by atoms with E-state index in [9.17, 15) is 9.59 Å². The molecule has 1 unspecified atom stereocenters. The second kappa shape index (κ2) is 10.4. The quantitative estimate of drug-likeness (QED) is 0.613. The molecule has 0 spiro atoms. The van der Waals surface area contributed by atoms with Crippen LogP contribution in [0.15, 0.2) is 43.0 Å². The summed E-state index contributed by atoms with van der Waals surface area (Å²) in [6.45, 7) is 9.05. The number of halogens is 1. The molecule has 2 aromatic rings. The lowest BCUT2D eigenvalue weighted by Gasteiger charge is -2.22. The third-order valence-electron chi connectivity index (χ3n) is 4.34. The fourth-order valence-corrected chi connectivity index (χ4v) is 4.04. The maximum Gasteiger partial charge on any atom is 0.279 e. The Morgan fingerprint density at radius 1 is 1.21 bits per heavy atom. The normalized spacial score (nSPS) is 11.7. The summed E-state index contributed by atoms with van der Waals surface area (Å²) in [6.07, 6.45) is 1.70. The first kappa shape index (κ1) is 22.1. The van der Waals surface area contributed by atoms with Crippen molar-refractivity contribution >= 4 is 40.4 Å². The highest BCUT2D eigenvalue weighted by Gasteiger charge is 2.20. The second-order valence-electron chi connectivity index (χ2n) is 6.89. The van der Waals surface area contributed by atoms with Crippen LogP contribution < -0.4 is 10.2 Å². The van der Waals surface area contributed by atoms with Crippen LogP contribution in [0.2, 0.25) is 4.34 Å². The third-order valence-corrected chi connectivity index (χ3v) is 5.55. The molecule has 5 nitrogen and oxygen atoms in total. The summed E-state index contributed by atoms with van der Waals surface area (Å²) in [5.41, 5.74) is 2.89. The van der Waals surface area contributed by atoms with E-state index in [-0.39, 0.29) is 24.9 Å². The Balaban J connectivity index is 1.92. The summed E-state index contributed by atoms with van der Waals surface area (Å²) in [5.74, 6) is -0.134. The van der Waals surface area contributed by atoms with Crippen molar-refractivity contribution in [1.29, 1.82) is 0 Å². The molecule has 2 amide bonds. The SMILES string of the molecule is C=CCN(Cc1ccc(Cl)s1)C(=O)C[NH+](C)CC(=O)Nc1c(C)cccc1C. The van der Waals surface area contributed by atoms with E-state index in [4.69, 9.17) is 11.6 Å². The Morgan fingerprint density at radius 3 is 2.46 bits per heavy atom. The topological polar surface area (TPSA) is 53.9 Å². The van der Waals surface area contributed by atoms with Gasteiger partial charge in [0.15, 0.2) is 13.1 Å². The summed E-state index contributed by atoms with van der Waals surface area (Å²) >= 11 is 7.44. The van der Waals surface area contributed by atoms with E-state index in [1.165, 1.54) is 11.3 Å². The fourth-order valence-electron chi connectivity index (χ4n) is 2.94. The molecule has 0 saturated carbocycles. The van der Waals surface area contributed by atoms with Crippen LogP contribution in [0, 0.1) is 13.8 Å². The molecule has 0 fully saturated rings. The first-order valence-electron chi connectivity index (χ1n) is 9.10. The smallest absolute Gasteiger partial charge is 0.279 e. The Kier molecular flexibility index (Phi) is 8.23. The van der Waals surface area contributed by atoms with Gasteiger partial charge in [0, 0.05) is 17.1 Å². The van der Waals surface area contributed by atoms with E-state index >= 15 is 0 Å². The van der Waals surface area contributed by atoms with Crippen LogP contribution in [0.3, 0.4) is 0 Å². The van der Waals surface area contributed by atoms with Crippen molar-refractivity contribution in [3.05, 3.63) is 63.3 Å². The lowest BCUT2D eigenvalue weighted by Crippen LogP contribution is -3.11. The molecule has 2 N–H and O–H groups in total. The molecule has 0 radical (unpaired) electrons. The fraction of sp³-hybridized carbons (Fsp3) is 0.333.